The van der Waals surface area contributed by atoms with E-state index >= 15 is 0 Å². The van der Waals surface area contributed by atoms with Gasteiger partial charge < -0.3 is 10.5 Å². The van der Waals surface area contributed by atoms with Crippen LogP contribution in [-0.4, -0.2) is 42.1 Å². The van der Waals surface area contributed by atoms with Gasteiger partial charge in [-0.15, -0.1) is 0 Å². The third-order valence-electron chi connectivity index (χ3n) is 3.54. The molecule has 106 valence electrons. The second-order valence-electron chi connectivity index (χ2n) is 4.86. The Labute approximate surface area is 120 Å². The van der Waals surface area contributed by atoms with Crippen molar-refractivity contribution in [2.75, 3.05) is 32.0 Å². The number of ether oxygens (including phenoxy) is 1. The van der Waals surface area contributed by atoms with Crippen LogP contribution in [0, 0.1) is 0 Å². The molecule has 3 nitrogen and oxygen atoms in total. The maximum absolute atomic E-state index is 5.87. The predicted molar refractivity (Wildman–Crippen MR) is 82.8 cm³/mol. The van der Waals surface area contributed by atoms with Crippen LogP contribution < -0.4 is 10.5 Å². The lowest BCUT2D eigenvalue weighted by molar-refractivity contribution is 0.211. The molecule has 1 heterocycles. The molecule has 0 aromatic heterocycles. The van der Waals surface area contributed by atoms with E-state index in [0.29, 0.717) is 6.54 Å². The maximum Gasteiger partial charge on any atom is 0.123 e. The Balaban J connectivity index is 1.77. The SMILES string of the molecule is CCC1CN(CCOc2ccccc2CN)CCS1. The van der Waals surface area contributed by atoms with Crippen molar-refractivity contribution in [2.24, 2.45) is 5.73 Å². The number of para-hydroxylation sites is 1. The first-order chi connectivity index (χ1) is 9.33. The predicted octanol–water partition coefficient (Wildman–Crippen LogP) is 2.35. The minimum Gasteiger partial charge on any atom is -0.492 e. The molecule has 0 amide bonds. The van der Waals surface area contributed by atoms with Gasteiger partial charge in [0.05, 0.1) is 0 Å². The molecule has 1 aliphatic heterocycles. The highest BCUT2D eigenvalue weighted by Crippen LogP contribution is 2.21. The first kappa shape index (κ1) is 14.7. The second kappa shape index (κ2) is 7.78. The molecular formula is C15H24N2OS. The summed E-state index contributed by atoms with van der Waals surface area (Å²) in [4.78, 5) is 2.51. The number of nitrogens with zero attached hydrogens (tertiary/aromatic N) is 1. The van der Waals surface area contributed by atoms with E-state index in [2.05, 4.69) is 23.6 Å². The quantitative estimate of drug-likeness (QED) is 0.868. The fourth-order valence-corrected chi connectivity index (χ4v) is 3.58. The molecule has 1 saturated heterocycles. The van der Waals surface area contributed by atoms with E-state index in [-0.39, 0.29) is 0 Å². The fraction of sp³-hybridized carbons (Fsp3) is 0.600. The molecule has 2 N–H and O–H groups in total. The summed E-state index contributed by atoms with van der Waals surface area (Å²) in [6, 6.07) is 8.03. The number of benzene rings is 1. The van der Waals surface area contributed by atoms with Gasteiger partial charge in [-0.3, -0.25) is 4.90 Å². The van der Waals surface area contributed by atoms with Crippen LogP contribution in [0.2, 0.25) is 0 Å². The molecule has 1 aromatic rings. The number of hydrogen-bond acceptors (Lipinski definition) is 4. The summed E-state index contributed by atoms with van der Waals surface area (Å²) in [5.74, 6) is 2.18. The zero-order valence-electron chi connectivity index (χ0n) is 11.7. The molecule has 4 heteroatoms. The molecule has 1 aromatic carbocycles. The molecule has 0 bridgehead atoms. The number of hydrogen-bond donors (Lipinski definition) is 1. The lowest BCUT2D eigenvalue weighted by Crippen LogP contribution is -2.39. The summed E-state index contributed by atoms with van der Waals surface area (Å²) in [5, 5.41) is 0.796. The standard InChI is InChI=1S/C15H24N2OS/c1-2-14-12-17(8-10-19-14)7-9-18-15-6-4-3-5-13(15)11-16/h3-6,14H,2,7-12,16H2,1H3. The monoisotopic (exact) mass is 280 g/mol. The van der Waals surface area contributed by atoms with Gasteiger partial charge in [0.2, 0.25) is 0 Å². The van der Waals surface area contributed by atoms with Crippen LogP contribution in [-0.2, 0) is 6.54 Å². The van der Waals surface area contributed by atoms with Crippen molar-refractivity contribution >= 4 is 11.8 Å². The molecule has 1 aliphatic rings. The summed E-state index contributed by atoms with van der Waals surface area (Å²) in [7, 11) is 0. The summed E-state index contributed by atoms with van der Waals surface area (Å²) in [5.41, 5.74) is 6.79. The zero-order chi connectivity index (χ0) is 13.5. The molecule has 0 radical (unpaired) electrons. The lowest BCUT2D eigenvalue weighted by Gasteiger charge is -2.31. The Morgan fingerprint density at radius 2 is 2.26 bits per heavy atom. The molecular weight excluding hydrogens is 256 g/mol. The van der Waals surface area contributed by atoms with Crippen LogP contribution in [0.3, 0.4) is 0 Å². The summed E-state index contributed by atoms with van der Waals surface area (Å²) in [6.07, 6.45) is 1.26. The van der Waals surface area contributed by atoms with Crippen LogP contribution in [0.15, 0.2) is 24.3 Å². The van der Waals surface area contributed by atoms with E-state index in [1.165, 1.54) is 25.3 Å². The van der Waals surface area contributed by atoms with Crippen molar-refractivity contribution in [3.63, 3.8) is 0 Å². The molecule has 0 spiro atoms. The Hall–Kier alpha value is -0.710. The normalized spacial score (nSPS) is 20.4. The zero-order valence-corrected chi connectivity index (χ0v) is 12.5. The van der Waals surface area contributed by atoms with Crippen LogP contribution >= 0.6 is 11.8 Å². The fourth-order valence-electron chi connectivity index (χ4n) is 2.33. The average molecular weight is 280 g/mol. The average Bonchev–Trinajstić information content (AvgIpc) is 2.48. The van der Waals surface area contributed by atoms with Gasteiger partial charge in [-0.25, -0.2) is 0 Å². The van der Waals surface area contributed by atoms with Crippen molar-refractivity contribution in [3.05, 3.63) is 29.8 Å². The summed E-state index contributed by atoms with van der Waals surface area (Å²) < 4.78 is 5.87. The minimum atomic E-state index is 0.536. The van der Waals surface area contributed by atoms with E-state index in [4.69, 9.17) is 10.5 Å². The largest absolute Gasteiger partial charge is 0.492 e. The van der Waals surface area contributed by atoms with Gasteiger partial charge >= 0.3 is 0 Å². The van der Waals surface area contributed by atoms with Crippen LogP contribution in [0.4, 0.5) is 0 Å². The Bertz CT molecular complexity index is 386. The molecule has 1 atom stereocenters. The third kappa shape index (κ3) is 4.41. The number of rotatable bonds is 6. The van der Waals surface area contributed by atoms with Gasteiger partial charge in [-0.2, -0.15) is 11.8 Å². The van der Waals surface area contributed by atoms with E-state index in [1.54, 1.807) is 0 Å². The van der Waals surface area contributed by atoms with Crippen LogP contribution in [0.5, 0.6) is 5.75 Å². The van der Waals surface area contributed by atoms with E-state index in [1.807, 2.05) is 24.3 Å². The van der Waals surface area contributed by atoms with Crippen molar-refractivity contribution in [3.8, 4) is 5.75 Å². The first-order valence-electron chi connectivity index (χ1n) is 7.08. The highest BCUT2D eigenvalue weighted by Gasteiger charge is 2.18. The molecule has 19 heavy (non-hydrogen) atoms. The van der Waals surface area contributed by atoms with Gasteiger partial charge in [-0.1, -0.05) is 25.1 Å². The van der Waals surface area contributed by atoms with E-state index in [0.717, 1.165) is 29.7 Å². The van der Waals surface area contributed by atoms with Crippen LogP contribution in [0.25, 0.3) is 0 Å². The Morgan fingerprint density at radius 3 is 3.05 bits per heavy atom. The van der Waals surface area contributed by atoms with Crippen molar-refractivity contribution in [1.29, 1.82) is 0 Å². The van der Waals surface area contributed by atoms with Gasteiger partial charge in [0.25, 0.3) is 0 Å². The highest BCUT2D eigenvalue weighted by atomic mass is 32.2. The number of nitrogens with two attached hydrogens (primary N) is 1. The summed E-state index contributed by atoms with van der Waals surface area (Å²) in [6.45, 7) is 6.95. The topological polar surface area (TPSA) is 38.5 Å². The Morgan fingerprint density at radius 1 is 1.42 bits per heavy atom. The smallest absolute Gasteiger partial charge is 0.123 e. The van der Waals surface area contributed by atoms with Crippen molar-refractivity contribution < 1.29 is 4.74 Å². The van der Waals surface area contributed by atoms with Crippen molar-refractivity contribution in [2.45, 2.75) is 25.1 Å². The van der Waals surface area contributed by atoms with Crippen molar-refractivity contribution in [1.82, 2.24) is 4.90 Å². The van der Waals surface area contributed by atoms with Gasteiger partial charge in [0.15, 0.2) is 0 Å². The minimum absolute atomic E-state index is 0.536. The first-order valence-corrected chi connectivity index (χ1v) is 8.13. The molecule has 1 fully saturated rings. The maximum atomic E-state index is 5.87. The summed E-state index contributed by atoms with van der Waals surface area (Å²) >= 11 is 2.10. The Kier molecular flexibility index (Phi) is 6.01. The molecule has 2 rings (SSSR count). The van der Waals surface area contributed by atoms with E-state index in [9.17, 15) is 0 Å². The third-order valence-corrected chi connectivity index (χ3v) is 4.91. The number of thioether (sulfide) groups is 1. The molecule has 0 aliphatic carbocycles. The van der Waals surface area contributed by atoms with Crippen LogP contribution in [0.1, 0.15) is 18.9 Å². The highest BCUT2D eigenvalue weighted by molar-refractivity contribution is 8.00. The van der Waals surface area contributed by atoms with Gasteiger partial charge in [-0.05, 0) is 12.5 Å². The van der Waals surface area contributed by atoms with Gasteiger partial charge in [0.1, 0.15) is 12.4 Å². The van der Waals surface area contributed by atoms with E-state index < -0.39 is 0 Å². The second-order valence-corrected chi connectivity index (χ2v) is 6.27. The molecule has 1 unspecified atom stereocenters. The molecule has 0 saturated carbocycles. The lowest BCUT2D eigenvalue weighted by atomic mass is 10.2. The van der Waals surface area contributed by atoms with Gasteiger partial charge in [0, 0.05) is 42.7 Å².